The first-order chi connectivity index (χ1) is 8.58. The number of ketones is 1. The SMILES string of the molecule is CC(=O)c1cc(Br)ccc1Oc1ccccc1I. The van der Waals surface area contributed by atoms with Gasteiger partial charge in [0.05, 0.1) is 9.13 Å². The van der Waals surface area contributed by atoms with Crippen molar-refractivity contribution in [3.63, 3.8) is 0 Å². The van der Waals surface area contributed by atoms with Gasteiger partial charge in [0, 0.05) is 4.47 Å². The van der Waals surface area contributed by atoms with E-state index in [4.69, 9.17) is 4.74 Å². The van der Waals surface area contributed by atoms with Crippen molar-refractivity contribution in [3.8, 4) is 11.5 Å². The van der Waals surface area contributed by atoms with E-state index in [0.29, 0.717) is 11.3 Å². The molecular weight excluding hydrogens is 407 g/mol. The van der Waals surface area contributed by atoms with Crippen LogP contribution in [0, 0.1) is 3.57 Å². The molecule has 4 heteroatoms. The van der Waals surface area contributed by atoms with Gasteiger partial charge in [0.25, 0.3) is 0 Å². The molecule has 0 fully saturated rings. The van der Waals surface area contributed by atoms with Crippen molar-refractivity contribution in [2.24, 2.45) is 0 Å². The summed E-state index contributed by atoms with van der Waals surface area (Å²) in [4.78, 5) is 11.6. The van der Waals surface area contributed by atoms with E-state index in [9.17, 15) is 4.79 Å². The standard InChI is InChI=1S/C14H10BrIO2/c1-9(17)11-8-10(15)6-7-13(11)18-14-5-3-2-4-12(14)16/h2-8H,1H3. The molecule has 0 saturated heterocycles. The second kappa shape index (κ2) is 5.84. The van der Waals surface area contributed by atoms with E-state index in [-0.39, 0.29) is 5.78 Å². The zero-order valence-corrected chi connectivity index (χ0v) is 13.4. The number of para-hydroxylation sites is 1. The van der Waals surface area contributed by atoms with Crippen LogP contribution in [0.25, 0.3) is 0 Å². The van der Waals surface area contributed by atoms with Crippen molar-refractivity contribution in [1.82, 2.24) is 0 Å². The molecule has 2 aromatic rings. The van der Waals surface area contributed by atoms with E-state index < -0.39 is 0 Å². The molecular formula is C14H10BrIO2. The number of hydrogen-bond acceptors (Lipinski definition) is 2. The molecule has 0 amide bonds. The number of rotatable bonds is 3. The van der Waals surface area contributed by atoms with Crippen LogP contribution in [0.15, 0.2) is 46.9 Å². The van der Waals surface area contributed by atoms with Crippen LogP contribution in [0.5, 0.6) is 11.5 Å². The summed E-state index contributed by atoms with van der Waals surface area (Å²) < 4.78 is 7.68. The third-order valence-corrected chi connectivity index (χ3v) is 3.76. The Morgan fingerprint density at radius 1 is 1.17 bits per heavy atom. The van der Waals surface area contributed by atoms with Gasteiger partial charge in [-0.3, -0.25) is 4.79 Å². The van der Waals surface area contributed by atoms with Gasteiger partial charge in [0.1, 0.15) is 11.5 Å². The zero-order valence-electron chi connectivity index (χ0n) is 9.61. The highest BCUT2D eigenvalue weighted by atomic mass is 127. The lowest BCUT2D eigenvalue weighted by atomic mass is 10.1. The van der Waals surface area contributed by atoms with Crippen LogP contribution in [0.1, 0.15) is 17.3 Å². The third kappa shape index (κ3) is 3.11. The predicted molar refractivity (Wildman–Crippen MR) is 83.4 cm³/mol. The number of carbonyl (C=O) groups excluding carboxylic acids is 1. The molecule has 92 valence electrons. The highest BCUT2D eigenvalue weighted by Gasteiger charge is 2.11. The first kappa shape index (κ1) is 13.5. The molecule has 0 bridgehead atoms. The molecule has 0 aliphatic rings. The molecule has 0 radical (unpaired) electrons. The summed E-state index contributed by atoms with van der Waals surface area (Å²) in [5.41, 5.74) is 0.573. The van der Waals surface area contributed by atoms with E-state index in [1.54, 1.807) is 12.1 Å². The van der Waals surface area contributed by atoms with Crippen LogP contribution in [0.4, 0.5) is 0 Å². The Morgan fingerprint density at radius 2 is 1.89 bits per heavy atom. The van der Waals surface area contributed by atoms with Crippen LogP contribution < -0.4 is 4.74 Å². The fourth-order valence-corrected chi connectivity index (χ4v) is 2.37. The Hall–Kier alpha value is -0.880. The predicted octanol–water partition coefficient (Wildman–Crippen LogP) is 5.05. The summed E-state index contributed by atoms with van der Waals surface area (Å²) in [5, 5.41) is 0. The molecule has 0 unspecified atom stereocenters. The lowest BCUT2D eigenvalue weighted by molar-refractivity contribution is 0.101. The van der Waals surface area contributed by atoms with Crippen molar-refractivity contribution in [1.29, 1.82) is 0 Å². The number of carbonyl (C=O) groups is 1. The smallest absolute Gasteiger partial charge is 0.163 e. The number of hydrogen-bond donors (Lipinski definition) is 0. The maximum Gasteiger partial charge on any atom is 0.163 e. The fraction of sp³-hybridized carbons (Fsp3) is 0.0714. The molecule has 2 rings (SSSR count). The summed E-state index contributed by atoms with van der Waals surface area (Å²) in [6.45, 7) is 1.53. The average molecular weight is 417 g/mol. The van der Waals surface area contributed by atoms with Crippen molar-refractivity contribution in [2.75, 3.05) is 0 Å². The summed E-state index contributed by atoms with van der Waals surface area (Å²) in [6.07, 6.45) is 0. The minimum atomic E-state index is -0.0164. The molecule has 0 aromatic heterocycles. The topological polar surface area (TPSA) is 26.3 Å². The molecule has 0 heterocycles. The largest absolute Gasteiger partial charge is 0.455 e. The van der Waals surface area contributed by atoms with E-state index in [2.05, 4.69) is 38.5 Å². The molecule has 18 heavy (non-hydrogen) atoms. The zero-order chi connectivity index (χ0) is 13.1. The second-order valence-corrected chi connectivity index (χ2v) is 5.81. The molecule has 0 N–H and O–H groups in total. The van der Waals surface area contributed by atoms with E-state index in [1.807, 2.05) is 30.3 Å². The van der Waals surface area contributed by atoms with Crippen LogP contribution in [-0.4, -0.2) is 5.78 Å². The van der Waals surface area contributed by atoms with Gasteiger partial charge in [-0.15, -0.1) is 0 Å². The van der Waals surface area contributed by atoms with E-state index in [0.717, 1.165) is 13.8 Å². The van der Waals surface area contributed by atoms with Crippen molar-refractivity contribution in [3.05, 3.63) is 56.1 Å². The lowest BCUT2D eigenvalue weighted by Gasteiger charge is -2.11. The van der Waals surface area contributed by atoms with Crippen LogP contribution in [-0.2, 0) is 0 Å². The Balaban J connectivity index is 2.41. The first-order valence-electron chi connectivity index (χ1n) is 5.31. The average Bonchev–Trinajstić information content (AvgIpc) is 2.34. The van der Waals surface area contributed by atoms with E-state index in [1.165, 1.54) is 6.92 Å². The minimum absolute atomic E-state index is 0.0164. The maximum atomic E-state index is 11.6. The number of benzene rings is 2. The van der Waals surface area contributed by atoms with Gasteiger partial charge in [-0.2, -0.15) is 0 Å². The minimum Gasteiger partial charge on any atom is -0.455 e. The molecule has 0 spiro atoms. The van der Waals surface area contributed by atoms with Gasteiger partial charge in [-0.25, -0.2) is 0 Å². The fourth-order valence-electron chi connectivity index (χ4n) is 1.51. The summed E-state index contributed by atoms with van der Waals surface area (Å²) in [5.74, 6) is 1.31. The maximum absolute atomic E-state index is 11.6. The molecule has 0 aliphatic heterocycles. The van der Waals surface area contributed by atoms with Gasteiger partial charge < -0.3 is 4.74 Å². The number of ether oxygens (including phenoxy) is 1. The Labute approximate surface area is 128 Å². The second-order valence-electron chi connectivity index (χ2n) is 3.73. The van der Waals surface area contributed by atoms with Gasteiger partial charge in [-0.05, 0) is 59.8 Å². The lowest BCUT2D eigenvalue weighted by Crippen LogP contribution is -1.97. The highest BCUT2D eigenvalue weighted by molar-refractivity contribution is 14.1. The summed E-state index contributed by atoms with van der Waals surface area (Å²) in [6, 6.07) is 13.1. The quantitative estimate of drug-likeness (QED) is 0.517. The van der Waals surface area contributed by atoms with Gasteiger partial charge >= 0.3 is 0 Å². The van der Waals surface area contributed by atoms with Gasteiger partial charge in [0.15, 0.2) is 5.78 Å². The Morgan fingerprint density at radius 3 is 2.56 bits per heavy atom. The third-order valence-electron chi connectivity index (χ3n) is 2.38. The Bertz CT molecular complexity index is 596. The van der Waals surface area contributed by atoms with Crippen LogP contribution in [0.3, 0.4) is 0 Å². The molecule has 2 nitrogen and oxygen atoms in total. The first-order valence-corrected chi connectivity index (χ1v) is 7.18. The Kier molecular flexibility index (Phi) is 4.40. The van der Waals surface area contributed by atoms with Crippen LogP contribution in [0.2, 0.25) is 0 Å². The molecule has 2 aromatic carbocycles. The molecule has 0 aliphatic carbocycles. The van der Waals surface area contributed by atoms with E-state index >= 15 is 0 Å². The summed E-state index contributed by atoms with van der Waals surface area (Å²) >= 11 is 5.56. The normalized spacial score (nSPS) is 10.2. The van der Waals surface area contributed by atoms with Crippen LogP contribution >= 0.6 is 38.5 Å². The number of Topliss-reactive ketones (excluding diaryl/α,β-unsaturated/α-hetero) is 1. The van der Waals surface area contributed by atoms with Gasteiger partial charge in [0.2, 0.25) is 0 Å². The summed E-state index contributed by atoms with van der Waals surface area (Å²) in [7, 11) is 0. The molecule has 0 atom stereocenters. The molecule has 0 saturated carbocycles. The van der Waals surface area contributed by atoms with Crippen molar-refractivity contribution in [2.45, 2.75) is 6.92 Å². The number of halogens is 2. The monoisotopic (exact) mass is 416 g/mol. The highest BCUT2D eigenvalue weighted by Crippen LogP contribution is 2.30. The van der Waals surface area contributed by atoms with Gasteiger partial charge in [-0.1, -0.05) is 28.1 Å². The van der Waals surface area contributed by atoms with Crippen molar-refractivity contribution < 1.29 is 9.53 Å². The van der Waals surface area contributed by atoms with Crippen molar-refractivity contribution >= 4 is 44.3 Å².